The van der Waals surface area contributed by atoms with Crippen molar-refractivity contribution in [1.82, 2.24) is 0 Å². The van der Waals surface area contributed by atoms with Gasteiger partial charge in [-0.05, 0) is 29.9 Å². The smallest absolute Gasteiger partial charge is 0.245 e. The van der Waals surface area contributed by atoms with Crippen LogP contribution < -0.4 is 0 Å². The number of ether oxygens (including phenoxy) is 2. The van der Waals surface area contributed by atoms with Gasteiger partial charge < -0.3 is 9.47 Å². The molecule has 0 N–H and O–H groups in total. The van der Waals surface area contributed by atoms with E-state index in [1.165, 1.54) is 0 Å². The van der Waals surface area contributed by atoms with E-state index in [0.29, 0.717) is 0 Å². The van der Waals surface area contributed by atoms with Crippen LogP contribution in [0.1, 0.15) is 62.3 Å². The maximum Gasteiger partial charge on any atom is 0.245 e. The van der Waals surface area contributed by atoms with Crippen molar-refractivity contribution in [2.75, 3.05) is 0 Å². The van der Waals surface area contributed by atoms with Crippen LogP contribution in [0.2, 0.25) is 0 Å². The molecule has 0 bridgehead atoms. The third-order valence-corrected chi connectivity index (χ3v) is 3.25. The Bertz CT molecular complexity index is 582. The van der Waals surface area contributed by atoms with Crippen LogP contribution in [0.4, 0.5) is 0 Å². The SMILES string of the molecule is CC1=C(/C=C/C=C/C(C)(C)C)OC(C)(C)O/C1=C\C=C\C(C)(C)C. The molecule has 2 heteroatoms. The molecule has 0 fully saturated rings. The zero-order chi connectivity index (χ0) is 18.6. The Balaban J connectivity index is 3.06. The first kappa shape index (κ1) is 20.3. The van der Waals surface area contributed by atoms with Crippen molar-refractivity contribution >= 4 is 0 Å². The lowest BCUT2D eigenvalue weighted by molar-refractivity contribution is -0.171. The van der Waals surface area contributed by atoms with Crippen LogP contribution >= 0.6 is 0 Å². The van der Waals surface area contributed by atoms with E-state index in [-0.39, 0.29) is 10.8 Å². The summed E-state index contributed by atoms with van der Waals surface area (Å²) in [5.74, 6) is 1.03. The molecule has 0 radical (unpaired) electrons. The molecule has 0 aromatic rings. The Labute approximate surface area is 148 Å². The van der Waals surface area contributed by atoms with Gasteiger partial charge >= 0.3 is 0 Å². The zero-order valence-corrected chi connectivity index (χ0v) is 16.9. The summed E-state index contributed by atoms with van der Waals surface area (Å²) in [6.45, 7) is 19.0. The van der Waals surface area contributed by atoms with Gasteiger partial charge in [0.15, 0.2) is 0 Å². The predicted molar refractivity (Wildman–Crippen MR) is 103 cm³/mol. The van der Waals surface area contributed by atoms with Crippen molar-refractivity contribution in [3.63, 3.8) is 0 Å². The summed E-state index contributed by atoms with van der Waals surface area (Å²) in [5.41, 5.74) is 1.33. The minimum atomic E-state index is -0.672. The summed E-state index contributed by atoms with van der Waals surface area (Å²) < 4.78 is 11.9. The molecule has 2 nitrogen and oxygen atoms in total. The normalized spacial score (nSPS) is 21.1. The molecule has 0 aromatic carbocycles. The van der Waals surface area contributed by atoms with E-state index >= 15 is 0 Å². The summed E-state index contributed by atoms with van der Waals surface area (Å²) >= 11 is 0. The van der Waals surface area contributed by atoms with Crippen molar-refractivity contribution in [1.29, 1.82) is 0 Å². The Kier molecular flexibility index (Phi) is 6.32. The van der Waals surface area contributed by atoms with E-state index in [2.05, 4.69) is 65.8 Å². The second kappa shape index (κ2) is 7.46. The lowest BCUT2D eigenvalue weighted by Gasteiger charge is -2.34. The summed E-state index contributed by atoms with van der Waals surface area (Å²) in [6, 6.07) is 0. The maximum atomic E-state index is 5.97. The van der Waals surface area contributed by atoms with E-state index in [4.69, 9.17) is 9.47 Å². The van der Waals surface area contributed by atoms with Crippen LogP contribution in [-0.4, -0.2) is 5.79 Å². The van der Waals surface area contributed by atoms with Crippen LogP contribution in [0.25, 0.3) is 0 Å². The molecule has 0 atom stereocenters. The third-order valence-electron chi connectivity index (χ3n) is 3.25. The van der Waals surface area contributed by atoms with Crippen molar-refractivity contribution < 1.29 is 9.47 Å². The highest BCUT2D eigenvalue weighted by Crippen LogP contribution is 2.33. The number of rotatable bonds is 3. The zero-order valence-electron chi connectivity index (χ0n) is 16.9. The van der Waals surface area contributed by atoms with E-state index in [1.807, 2.05) is 39.0 Å². The standard InChI is InChI=1S/C22H34O2/c1-17-18(13-10-11-15-20(2,3)4)23-22(8,9)24-19(17)14-12-16-21(5,6)7/h10-16H,1-9H3/b13-10+,15-11+,16-12+,19-14-. The van der Waals surface area contributed by atoms with Gasteiger partial charge in [0.25, 0.3) is 0 Å². The summed E-state index contributed by atoms with van der Waals surface area (Å²) in [4.78, 5) is 0. The Morgan fingerprint density at radius 3 is 1.88 bits per heavy atom. The highest BCUT2D eigenvalue weighted by Gasteiger charge is 2.30. The molecule has 0 unspecified atom stereocenters. The van der Waals surface area contributed by atoms with Crippen LogP contribution in [0.3, 0.4) is 0 Å². The average Bonchev–Trinajstić information content (AvgIpc) is 2.36. The maximum absolute atomic E-state index is 5.97. The number of hydrogen-bond acceptors (Lipinski definition) is 2. The van der Waals surface area contributed by atoms with Gasteiger partial charge in [-0.25, -0.2) is 0 Å². The predicted octanol–water partition coefficient (Wildman–Crippen LogP) is 6.69. The molecular weight excluding hydrogens is 296 g/mol. The molecular formula is C22H34O2. The first-order chi connectivity index (χ1) is 10.8. The molecule has 0 spiro atoms. The quantitative estimate of drug-likeness (QED) is 0.537. The number of hydrogen-bond donors (Lipinski definition) is 0. The van der Waals surface area contributed by atoms with Crippen LogP contribution in [0.15, 0.2) is 59.6 Å². The molecule has 0 aliphatic carbocycles. The van der Waals surface area contributed by atoms with Crippen molar-refractivity contribution in [2.24, 2.45) is 10.8 Å². The fraction of sp³-hybridized carbons (Fsp3) is 0.545. The monoisotopic (exact) mass is 330 g/mol. The first-order valence-electron chi connectivity index (χ1n) is 8.64. The van der Waals surface area contributed by atoms with Gasteiger partial charge in [0.05, 0.1) is 0 Å². The van der Waals surface area contributed by atoms with Crippen molar-refractivity contribution in [3.8, 4) is 0 Å². The fourth-order valence-electron chi connectivity index (χ4n) is 2.05. The third kappa shape index (κ3) is 7.72. The molecule has 0 saturated heterocycles. The Hall–Kier alpha value is -1.70. The molecule has 0 aromatic heterocycles. The van der Waals surface area contributed by atoms with E-state index in [9.17, 15) is 0 Å². The highest BCUT2D eigenvalue weighted by molar-refractivity contribution is 5.37. The lowest BCUT2D eigenvalue weighted by atomic mass is 9.96. The van der Waals surface area contributed by atoms with Crippen LogP contribution in [0.5, 0.6) is 0 Å². The Morgan fingerprint density at radius 1 is 0.792 bits per heavy atom. The van der Waals surface area contributed by atoms with Crippen LogP contribution in [-0.2, 0) is 9.47 Å². The molecule has 1 aliphatic heterocycles. The van der Waals surface area contributed by atoms with Gasteiger partial charge in [0.1, 0.15) is 11.5 Å². The second-order valence-corrected chi connectivity index (χ2v) is 8.93. The van der Waals surface area contributed by atoms with Gasteiger partial charge in [0, 0.05) is 19.4 Å². The Morgan fingerprint density at radius 2 is 1.33 bits per heavy atom. The van der Waals surface area contributed by atoms with E-state index < -0.39 is 5.79 Å². The van der Waals surface area contributed by atoms with E-state index in [1.54, 1.807) is 0 Å². The lowest BCUT2D eigenvalue weighted by Crippen LogP contribution is -2.31. The topological polar surface area (TPSA) is 18.5 Å². The molecule has 1 aliphatic rings. The second-order valence-electron chi connectivity index (χ2n) is 8.93. The molecule has 134 valence electrons. The molecule has 24 heavy (non-hydrogen) atoms. The summed E-state index contributed by atoms with van der Waals surface area (Å²) in [5, 5.41) is 0. The van der Waals surface area contributed by atoms with Crippen molar-refractivity contribution in [3.05, 3.63) is 59.6 Å². The van der Waals surface area contributed by atoms with Crippen LogP contribution in [0, 0.1) is 10.8 Å². The van der Waals surface area contributed by atoms with Gasteiger partial charge in [-0.1, -0.05) is 71.9 Å². The van der Waals surface area contributed by atoms with Gasteiger partial charge in [0.2, 0.25) is 5.79 Å². The minimum absolute atomic E-state index is 0.149. The molecule has 1 rings (SSSR count). The minimum Gasteiger partial charge on any atom is -0.453 e. The largest absolute Gasteiger partial charge is 0.453 e. The van der Waals surface area contributed by atoms with Gasteiger partial charge in [-0.3, -0.25) is 0 Å². The molecule has 0 amide bonds. The first-order valence-corrected chi connectivity index (χ1v) is 8.64. The van der Waals surface area contributed by atoms with Gasteiger partial charge in [-0.2, -0.15) is 0 Å². The highest BCUT2D eigenvalue weighted by atomic mass is 16.7. The van der Waals surface area contributed by atoms with Gasteiger partial charge in [-0.15, -0.1) is 0 Å². The number of allylic oxidation sites excluding steroid dienone is 8. The molecule has 0 saturated carbocycles. The summed E-state index contributed by atoms with van der Waals surface area (Å²) in [6.07, 6.45) is 14.5. The average molecular weight is 331 g/mol. The van der Waals surface area contributed by atoms with E-state index in [0.717, 1.165) is 17.1 Å². The molecule has 1 heterocycles. The summed E-state index contributed by atoms with van der Waals surface area (Å²) in [7, 11) is 0. The fourth-order valence-corrected chi connectivity index (χ4v) is 2.05. The van der Waals surface area contributed by atoms with Crippen molar-refractivity contribution in [2.45, 2.75) is 68.1 Å².